The van der Waals surface area contributed by atoms with E-state index in [4.69, 9.17) is 0 Å². The quantitative estimate of drug-likeness (QED) is 0.849. The molecular formula is C18H23NS. The molecule has 1 aromatic carbocycles. The normalized spacial score (nSPS) is 22.5. The Balaban J connectivity index is 1.48. The maximum atomic E-state index is 3.75. The van der Waals surface area contributed by atoms with Gasteiger partial charge in [0.2, 0.25) is 0 Å². The average molecular weight is 285 g/mol. The summed E-state index contributed by atoms with van der Waals surface area (Å²) >= 11 is 1.86. The van der Waals surface area contributed by atoms with Crippen LogP contribution in [0.3, 0.4) is 0 Å². The van der Waals surface area contributed by atoms with Crippen molar-refractivity contribution in [3.8, 4) is 0 Å². The molecule has 2 heteroatoms. The van der Waals surface area contributed by atoms with Gasteiger partial charge in [0.25, 0.3) is 0 Å². The zero-order chi connectivity index (χ0) is 14.0. The molecule has 1 aliphatic rings. The molecule has 2 aromatic rings. The lowest BCUT2D eigenvalue weighted by Gasteiger charge is -2.38. The second kappa shape index (κ2) is 5.71. The highest BCUT2D eigenvalue weighted by atomic mass is 32.1. The van der Waals surface area contributed by atoms with Crippen LogP contribution in [0.4, 0.5) is 0 Å². The van der Waals surface area contributed by atoms with Crippen LogP contribution in [0.2, 0.25) is 0 Å². The van der Waals surface area contributed by atoms with Gasteiger partial charge in [-0.3, -0.25) is 0 Å². The first kappa shape index (κ1) is 13.8. The number of hydrogen-bond acceptors (Lipinski definition) is 2. The Morgan fingerprint density at radius 1 is 1.10 bits per heavy atom. The standard InChI is InChI=1S/C18H23NS/c1-18(2,17-9-6-10-20-17)13-19-16-11-15(12-16)14-7-4-3-5-8-14/h3-10,15-16,19H,11-13H2,1-2H3. The van der Waals surface area contributed by atoms with Crippen LogP contribution in [0.5, 0.6) is 0 Å². The number of hydrogen-bond donors (Lipinski definition) is 1. The SMILES string of the molecule is CC(C)(CNC1CC(c2ccccc2)C1)c1cccs1. The van der Waals surface area contributed by atoms with Crippen LogP contribution in [-0.4, -0.2) is 12.6 Å². The molecule has 1 heterocycles. The Labute approximate surface area is 126 Å². The fraction of sp³-hybridized carbons (Fsp3) is 0.444. The molecule has 20 heavy (non-hydrogen) atoms. The van der Waals surface area contributed by atoms with E-state index in [9.17, 15) is 0 Å². The van der Waals surface area contributed by atoms with Gasteiger partial charge in [0.1, 0.15) is 0 Å². The zero-order valence-corrected chi connectivity index (χ0v) is 13.1. The van der Waals surface area contributed by atoms with Crippen LogP contribution < -0.4 is 5.32 Å². The molecule has 106 valence electrons. The third-order valence-electron chi connectivity index (χ3n) is 4.43. The summed E-state index contributed by atoms with van der Waals surface area (Å²) in [5.74, 6) is 0.763. The molecule has 1 fully saturated rings. The summed E-state index contributed by atoms with van der Waals surface area (Å²) < 4.78 is 0. The number of benzene rings is 1. The molecule has 0 spiro atoms. The second-order valence-electron chi connectivity index (χ2n) is 6.52. The maximum Gasteiger partial charge on any atom is 0.0115 e. The first-order chi connectivity index (χ1) is 9.65. The Morgan fingerprint density at radius 2 is 1.85 bits per heavy atom. The second-order valence-corrected chi connectivity index (χ2v) is 7.47. The van der Waals surface area contributed by atoms with Crippen LogP contribution in [0.15, 0.2) is 47.8 Å². The van der Waals surface area contributed by atoms with Crippen molar-refractivity contribution in [3.05, 3.63) is 58.3 Å². The predicted molar refractivity (Wildman–Crippen MR) is 87.6 cm³/mol. The molecule has 0 amide bonds. The van der Waals surface area contributed by atoms with Gasteiger partial charge < -0.3 is 5.32 Å². The van der Waals surface area contributed by atoms with Crippen LogP contribution in [0, 0.1) is 0 Å². The van der Waals surface area contributed by atoms with Gasteiger partial charge in [0, 0.05) is 22.9 Å². The van der Waals surface area contributed by atoms with E-state index in [1.54, 1.807) is 0 Å². The van der Waals surface area contributed by atoms with Gasteiger partial charge in [-0.05, 0) is 35.8 Å². The molecule has 3 rings (SSSR count). The lowest BCUT2D eigenvalue weighted by atomic mass is 9.75. The number of rotatable bonds is 5. The van der Waals surface area contributed by atoms with E-state index in [1.165, 1.54) is 23.3 Å². The molecule has 0 unspecified atom stereocenters. The van der Waals surface area contributed by atoms with Crippen LogP contribution in [0.25, 0.3) is 0 Å². The van der Waals surface area contributed by atoms with Gasteiger partial charge in [-0.2, -0.15) is 0 Å². The first-order valence-corrected chi connectivity index (χ1v) is 8.35. The van der Waals surface area contributed by atoms with Crippen molar-refractivity contribution in [1.29, 1.82) is 0 Å². The summed E-state index contributed by atoms with van der Waals surface area (Å²) in [6.07, 6.45) is 2.56. The Morgan fingerprint density at radius 3 is 2.50 bits per heavy atom. The van der Waals surface area contributed by atoms with Gasteiger partial charge in [0.05, 0.1) is 0 Å². The van der Waals surface area contributed by atoms with Crippen molar-refractivity contribution in [1.82, 2.24) is 5.32 Å². The van der Waals surface area contributed by atoms with E-state index in [2.05, 4.69) is 67.0 Å². The van der Waals surface area contributed by atoms with E-state index in [0.717, 1.165) is 12.5 Å². The minimum absolute atomic E-state index is 0.242. The Bertz CT molecular complexity index is 524. The van der Waals surface area contributed by atoms with Crippen molar-refractivity contribution in [2.75, 3.05) is 6.54 Å². The van der Waals surface area contributed by atoms with Crippen LogP contribution in [-0.2, 0) is 5.41 Å². The Hall–Kier alpha value is -1.12. The molecular weight excluding hydrogens is 262 g/mol. The largest absolute Gasteiger partial charge is 0.313 e. The number of nitrogens with one attached hydrogen (secondary N) is 1. The van der Waals surface area contributed by atoms with E-state index in [-0.39, 0.29) is 5.41 Å². The van der Waals surface area contributed by atoms with Crippen LogP contribution in [0.1, 0.15) is 43.0 Å². The van der Waals surface area contributed by atoms with Gasteiger partial charge in [-0.1, -0.05) is 50.2 Å². The third-order valence-corrected chi connectivity index (χ3v) is 5.67. The molecule has 0 radical (unpaired) electrons. The summed E-state index contributed by atoms with van der Waals surface area (Å²) in [5, 5.41) is 5.93. The summed E-state index contributed by atoms with van der Waals surface area (Å²) in [6, 6.07) is 16.0. The summed E-state index contributed by atoms with van der Waals surface area (Å²) in [6.45, 7) is 5.73. The van der Waals surface area contributed by atoms with E-state index in [1.807, 2.05) is 11.3 Å². The molecule has 1 nitrogen and oxygen atoms in total. The first-order valence-electron chi connectivity index (χ1n) is 7.47. The lowest BCUT2D eigenvalue weighted by molar-refractivity contribution is 0.273. The van der Waals surface area contributed by atoms with Crippen molar-refractivity contribution in [2.24, 2.45) is 0 Å². The van der Waals surface area contributed by atoms with E-state index in [0.29, 0.717) is 6.04 Å². The lowest BCUT2D eigenvalue weighted by Crippen LogP contribution is -2.45. The maximum absolute atomic E-state index is 3.75. The highest BCUT2D eigenvalue weighted by Gasteiger charge is 2.31. The average Bonchev–Trinajstić information content (AvgIpc) is 2.92. The third kappa shape index (κ3) is 2.97. The van der Waals surface area contributed by atoms with Crippen molar-refractivity contribution >= 4 is 11.3 Å². The Kier molecular flexibility index (Phi) is 3.95. The number of thiophene rings is 1. The van der Waals surface area contributed by atoms with Gasteiger partial charge in [-0.25, -0.2) is 0 Å². The molecule has 1 aliphatic carbocycles. The molecule has 0 atom stereocenters. The molecule has 0 saturated heterocycles. The molecule has 1 N–H and O–H groups in total. The predicted octanol–water partition coefficient (Wildman–Crippen LogP) is 4.56. The highest BCUT2D eigenvalue weighted by molar-refractivity contribution is 7.10. The summed E-state index contributed by atoms with van der Waals surface area (Å²) in [7, 11) is 0. The zero-order valence-electron chi connectivity index (χ0n) is 12.3. The fourth-order valence-corrected chi connectivity index (χ4v) is 3.78. The minimum atomic E-state index is 0.242. The van der Waals surface area contributed by atoms with Crippen molar-refractivity contribution in [2.45, 2.75) is 44.1 Å². The van der Waals surface area contributed by atoms with E-state index >= 15 is 0 Å². The minimum Gasteiger partial charge on any atom is -0.313 e. The van der Waals surface area contributed by atoms with Crippen molar-refractivity contribution in [3.63, 3.8) is 0 Å². The topological polar surface area (TPSA) is 12.0 Å². The van der Waals surface area contributed by atoms with Crippen molar-refractivity contribution < 1.29 is 0 Å². The molecule has 0 bridgehead atoms. The fourth-order valence-electron chi connectivity index (χ4n) is 2.93. The monoisotopic (exact) mass is 285 g/mol. The molecule has 1 aromatic heterocycles. The van der Waals surface area contributed by atoms with Gasteiger partial charge in [0.15, 0.2) is 0 Å². The van der Waals surface area contributed by atoms with Gasteiger partial charge in [-0.15, -0.1) is 11.3 Å². The van der Waals surface area contributed by atoms with Crippen LogP contribution >= 0.6 is 11.3 Å². The smallest absolute Gasteiger partial charge is 0.0115 e. The van der Waals surface area contributed by atoms with Gasteiger partial charge >= 0.3 is 0 Å². The summed E-state index contributed by atoms with van der Waals surface area (Å²) in [5.41, 5.74) is 1.74. The molecule has 0 aliphatic heterocycles. The summed E-state index contributed by atoms with van der Waals surface area (Å²) in [4.78, 5) is 1.48. The van der Waals surface area contributed by atoms with E-state index < -0.39 is 0 Å². The highest BCUT2D eigenvalue weighted by Crippen LogP contribution is 2.37. The molecule has 1 saturated carbocycles.